The highest BCUT2D eigenvalue weighted by atomic mass is 79.9. The van der Waals surface area contributed by atoms with Crippen molar-refractivity contribution in [3.05, 3.63) is 44.0 Å². The molecule has 1 nitrogen and oxygen atoms in total. The molecule has 0 amide bonds. The predicted octanol–water partition coefficient (Wildman–Crippen LogP) is 5.04. The zero-order valence-corrected chi connectivity index (χ0v) is 12.2. The molecule has 2 rings (SSSR count). The van der Waals surface area contributed by atoms with Gasteiger partial charge in [0.25, 0.3) is 0 Å². The van der Waals surface area contributed by atoms with Crippen LogP contribution in [0.25, 0.3) is 0 Å². The normalized spacial score (nSPS) is 10.6. The lowest BCUT2D eigenvalue weighted by Gasteiger charge is -2.06. The fourth-order valence-electron chi connectivity index (χ4n) is 1.25. The van der Waals surface area contributed by atoms with Crippen molar-refractivity contribution in [1.82, 2.24) is 0 Å². The summed E-state index contributed by atoms with van der Waals surface area (Å²) in [6.45, 7) is 0. The van der Waals surface area contributed by atoms with Gasteiger partial charge in [-0.2, -0.15) is 0 Å². The molecule has 16 heavy (non-hydrogen) atoms. The second-order valence-corrected chi connectivity index (χ2v) is 7.09. The molecule has 0 aliphatic heterocycles. The molecule has 0 aliphatic rings. The molecule has 0 radical (unpaired) electrons. The van der Waals surface area contributed by atoms with E-state index in [-0.39, 0.29) is 0 Å². The van der Waals surface area contributed by atoms with Crippen LogP contribution >= 0.6 is 50.6 Å². The summed E-state index contributed by atoms with van der Waals surface area (Å²) in [5, 5.41) is 0.723. The fourth-order valence-corrected chi connectivity index (χ4v) is 4.11. The number of rotatable bonds is 3. The molecule has 0 aliphatic carbocycles. The summed E-state index contributed by atoms with van der Waals surface area (Å²) in [5.41, 5.74) is 6.62. The van der Waals surface area contributed by atoms with Crippen molar-refractivity contribution in [2.24, 2.45) is 0 Å². The average Bonchev–Trinajstić information content (AvgIpc) is 2.63. The lowest BCUT2D eigenvalue weighted by atomic mass is 10.3. The van der Waals surface area contributed by atoms with Gasteiger partial charge in [0.15, 0.2) is 0 Å². The van der Waals surface area contributed by atoms with Crippen molar-refractivity contribution >= 4 is 56.3 Å². The van der Waals surface area contributed by atoms with E-state index in [0.29, 0.717) is 0 Å². The van der Waals surface area contributed by atoms with E-state index in [2.05, 4.69) is 28.1 Å². The van der Waals surface area contributed by atoms with E-state index < -0.39 is 0 Å². The van der Waals surface area contributed by atoms with Crippen LogP contribution < -0.4 is 5.73 Å². The van der Waals surface area contributed by atoms with Gasteiger partial charge < -0.3 is 5.73 Å². The first-order chi connectivity index (χ1) is 7.66. The number of nitrogens with two attached hydrogens (primary N) is 1. The van der Waals surface area contributed by atoms with E-state index in [1.165, 1.54) is 4.88 Å². The summed E-state index contributed by atoms with van der Waals surface area (Å²) in [6, 6.07) is 9.76. The van der Waals surface area contributed by atoms with Crippen LogP contribution in [-0.4, -0.2) is 0 Å². The van der Waals surface area contributed by atoms with Crippen molar-refractivity contribution in [2.45, 2.75) is 10.6 Å². The number of nitrogen functional groups attached to an aromatic ring is 1. The molecule has 2 aromatic rings. The van der Waals surface area contributed by atoms with Gasteiger partial charge in [-0.1, -0.05) is 17.7 Å². The zero-order valence-electron chi connectivity index (χ0n) is 8.24. The van der Waals surface area contributed by atoms with Gasteiger partial charge in [-0.15, -0.1) is 23.1 Å². The molecule has 0 bridgehead atoms. The summed E-state index contributed by atoms with van der Waals surface area (Å²) in [5.74, 6) is 0.893. The van der Waals surface area contributed by atoms with Crippen LogP contribution in [0.15, 0.2) is 39.0 Å². The zero-order chi connectivity index (χ0) is 11.5. The maximum Gasteiger partial charge on any atom is 0.0701 e. The van der Waals surface area contributed by atoms with Crippen molar-refractivity contribution < 1.29 is 0 Å². The first-order valence-electron chi connectivity index (χ1n) is 4.58. The summed E-state index contributed by atoms with van der Waals surface area (Å²) in [6.07, 6.45) is 0. The Kier molecular flexibility index (Phi) is 4.19. The number of halogens is 2. The monoisotopic (exact) mass is 333 g/mol. The Morgan fingerprint density at radius 1 is 1.31 bits per heavy atom. The van der Waals surface area contributed by atoms with Crippen LogP contribution in [0.5, 0.6) is 0 Å². The lowest BCUT2D eigenvalue weighted by molar-refractivity contribution is 1.43. The maximum absolute atomic E-state index is 6.09. The second kappa shape index (κ2) is 5.45. The summed E-state index contributed by atoms with van der Waals surface area (Å²) in [7, 11) is 0. The Bertz CT molecular complexity index is 478. The highest BCUT2D eigenvalue weighted by Gasteiger charge is 2.06. The Morgan fingerprint density at radius 3 is 2.75 bits per heavy atom. The second-order valence-electron chi connectivity index (χ2n) is 3.15. The van der Waals surface area contributed by atoms with Crippen molar-refractivity contribution in [1.29, 1.82) is 0 Å². The number of thiophene rings is 1. The van der Waals surface area contributed by atoms with Gasteiger partial charge in [-0.3, -0.25) is 0 Å². The molecule has 5 heteroatoms. The number of benzene rings is 1. The van der Waals surface area contributed by atoms with Gasteiger partial charge in [0.2, 0.25) is 0 Å². The Morgan fingerprint density at radius 2 is 2.12 bits per heavy atom. The van der Waals surface area contributed by atoms with Gasteiger partial charge >= 0.3 is 0 Å². The van der Waals surface area contributed by atoms with E-state index >= 15 is 0 Å². The molecule has 0 atom stereocenters. The van der Waals surface area contributed by atoms with E-state index in [9.17, 15) is 0 Å². The molecule has 2 N–H and O–H groups in total. The lowest BCUT2D eigenvalue weighted by Crippen LogP contribution is -1.88. The first kappa shape index (κ1) is 12.3. The number of anilines is 1. The van der Waals surface area contributed by atoms with Gasteiger partial charge in [-0.05, 0) is 40.2 Å². The van der Waals surface area contributed by atoms with E-state index in [1.54, 1.807) is 23.1 Å². The van der Waals surface area contributed by atoms with Crippen LogP contribution in [0.4, 0.5) is 5.69 Å². The van der Waals surface area contributed by atoms with Crippen molar-refractivity contribution in [3.8, 4) is 0 Å². The standard InChI is InChI=1S/C11H9BrClNS2/c12-10-5-4-7(16-10)6-15-11-8(13)2-1-3-9(11)14/h1-5H,6,14H2. The molecular weight excluding hydrogens is 326 g/mol. The average molecular weight is 335 g/mol. The Balaban J connectivity index is 2.10. The third-order valence-corrected chi connectivity index (χ3v) is 5.42. The summed E-state index contributed by atoms with van der Waals surface area (Å²) < 4.78 is 1.15. The SMILES string of the molecule is Nc1cccc(Cl)c1SCc1ccc(Br)s1. The third kappa shape index (κ3) is 2.94. The van der Waals surface area contributed by atoms with Crippen molar-refractivity contribution in [2.75, 3.05) is 5.73 Å². The minimum atomic E-state index is 0.723. The Labute approximate surface area is 116 Å². The van der Waals surface area contributed by atoms with Gasteiger partial charge in [0.1, 0.15) is 0 Å². The van der Waals surface area contributed by atoms with Gasteiger partial charge in [-0.25, -0.2) is 0 Å². The molecule has 0 spiro atoms. The van der Waals surface area contributed by atoms with Gasteiger partial charge in [0.05, 0.1) is 8.81 Å². The topological polar surface area (TPSA) is 26.0 Å². The molecule has 0 unspecified atom stereocenters. The van der Waals surface area contributed by atoms with E-state index in [1.807, 2.05) is 18.2 Å². The molecule has 1 heterocycles. The van der Waals surface area contributed by atoms with Crippen LogP contribution in [0.1, 0.15) is 4.88 Å². The highest BCUT2D eigenvalue weighted by molar-refractivity contribution is 9.11. The van der Waals surface area contributed by atoms with Crippen LogP contribution in [0.2, 0.25) is 5.02 Å². The largest absolute Gasteiger partial charge is 0.398 e. The van der Waals surface area contributed by atoms with Crippen LogP contribution in [-0.2, 0) is 5.75 Å². The number of hydrogen-bond acceptors (Lipinski definition) is 3. The molecule has 0 saturated heterocycles. The van der Waals surface area contributed by atoms with Crippen LogP contribution in [0.3, 0.4) is 0 Å². The summed E-state index contributed by atoms with van der Waals surface area (Å²) >= 11 is 12.9. The molecule has 1 aromatic carbocycles. The molecule has 0 fully saturated rings. The molecule has 84 valence electrons. The first-order valence-corrected chi connectivity index (χ1v) is 7.55. The summed E-state index contributed by atoms with van der Waals surface area (Å²) in [4.78, 5) is 2.27. The minimum absolute atomic E-state index is 0.723. The van der Waals surface area contributed by atoms with Crippen LogP contribution in [0, 0.1) is 0 Å². The van der Waals surface area contributed by atoms with Gasteiger partial charge in [0, 0.05) is 21.2 Å². The fraction of sp³-hybridized carbons (Fsp3) is 0.0909. The minimum Gasteiger partial charge on any atom is -0.398 e. The van der Waals surface area contributed by atoms with E-state index in [0.717, 1.165) is 25.1 Å². The maximum atomic E-state index is 6.09. The highest BCUT2D eigenvalue weighted by Crippen LogP contribution is 2.36. The third-order valence-electron chi connectivity index (χ3n) is 1.99. The predicted molar refractivity (Wildman–Crippen MR) is 77.4 cm³/mol. The smallest absolute Gasteiger partial charge is 0.0701 e. The Hall–Kier alpha value is -0.160. The number of hydrogen-bond donors (Lipinski definition) is 1. The van der Waals surface area contributed by atoms with Crippen molar-refractivity contribution in [3.63, 3.8) is 0 Å². The quantitative estimate of drug-likeness (QED) is 0.628. The molecule has 1 aromatic heterocycles. The van der Waals surface area contributed by atoms with E-state index in [4.69, 9.17) is 17.3 Å². The number of thioether (sulfide) groups is 1. The molecule has 0 saturated carbocycles. The molecular formula is C11H9BrClNS2.